The molecule has 0 aliphatic rings. The summed E-state index contributed by atoms with van der Waals surface area (Å²) in [6.45, 7) is 4.65. The maximum Gasteiger partial charge on any atom is 0.293 e. The zero-order valence-electron chi connectivity index (χ0n) is 10.7. The zero-order chi connectivity index (χ0) is 14.0. The van der Waals surface area contributed by atoms with E-state index in [1.807, 2.05) is 0 Å². The summed E-state index contributed by atoms with van der Waals surface area (Å²) in [5, 5.41) is 0. The number of aromatic nitrogens is 1. The standard InChI is InChI=1S/C9H11F2NO.C3H6O2/c1-7-3-4-12-5-8(7)13-6-9(2,10)11;1-2-5-3-4/h3-5H,6H2,1-2H3;3H,2H2,1H3. The van der Waals surface area contributed by atoms with Crippen LogP contribution in [0.25, 0.3) is 0 Å². The molecule has 0 saturated heterocycles. The third kappa shape index (κ3) is 8.43. The number of hydrogen-bond acceptors (Lipinski definition) is 4. The highest BCUT2D eigenvalue weighted by molar-refractivity contribution is 5.36. The fourth-order valence-corrected chi connectivity index (χ4v) is 0.873. The van der Waals surface area contributed by atoms with E-state index < -0.39 is 12.5 Å². The number of nitrogens with zero attached hydrogens (tertiary/aromatic N) is 1. The van der Waals surface area contributed by atoms with Gasteiger partial charge in [0.15, 0.2) is 6.61 Å². The molecule has 0 saturated carbocycles. The van der Waals surface area contributed by atoms with Crippen LogP contribution in [-0.2, 0) is 9.53 Å². The third-order valence-electron chi connectivity index (χ3n) is 1.71. The first kappa shape index (κ1) is 16.3. The summed E-state index contributed by atoms with van der Waals surface area (Å²) in [5.74, 6) is -2.40. The molecule has 1 aromatic rings. The smallest absolute Gasteiger partial charge is 0.293 e. The molecule has 4 nitrogen and oxygen atoms in total. The highest BCUT2D eigenvalue weighted by atomic mass is 19.3. The number of aryl methyl sites for hydroxylation is 1. The van der Waals surface area contributed by atoms with E-state index in [0.717, 1.165) is 12.5 Å². The van der Waals surface area contributed by atoms with Gasteiger partial charge in [0.2, 0.25) is 0 Å². The van der Waals surface area contributed by atoms with Crippen molar-refractivity contribution < 1.29 is 23.0 Å². The predicted molar refractivity (Wildman–Crippen MR) is 62.8 cm³/mol. The number of rotatable bonds is 5. The van der Waals surface area contributed by atoms with Gasteiger partial charge in [-0.05, 0) is 25.5 Å². The molecule has 0 fully saturated rings. The van der Waals surface area contributed by atoms with E-state index in [0.29, 0.717) is 18.8 Å². The molecule has 6 heteroatoms. The molecule has 1 aromatic heterocycles. The Morgan fingerprint density at radius 2 is 2.17 bits per heavy atom. The number of pyridine rings is 1. The van der Waals surface area contributed by atoms with Crippen molar-refractivity contribution in [1.82, 2.24) is 4.98 Å². The summed E-state index contributed by atoms with van der Waals surface area (Å²) in [5.41, 5.74) is 0.805. The number of halogens is 2. The molecule has 18 heavy (non-hydrogen) atoms. The van der Waals surface area contributed by atoms with E-state index >= 15 is 0 Å². The zero-order valence-corrected chi connectivity index (χ0v) is 10.7. The maximum absolute atomic E-state index is 12.4. The van der Waals surface area contributed by atoms with Crippen molar-refractivity contribution >= 4 is 6.47 Å². The second-order valence-corrected chi connectivity index (χ2v) is 3.55. The first-order valence-corrected chi connectivity index (χ1v) is 5.37. The first-order valence-electron chi connectivity index (χ1n) is 5.37. The number of hydrogen-bond donors (Lipinski definition) is 0. The lowest BCUT2D eigenvalue weighted by Gasteiger charge is -2.12. The summed E-state index contributed by atoms with van der Waals surface area (Å²) in [7, 11) is 0. The van der Waals surface area contributed by atoms with Crippen LogP contribution in [0.15, 0.2) is 18.5 Å². The number of carbonyl (C=O) groups is 1. The number of ether oxygens (including phenoxy) is 2. The minimum Gasteiger partial charge on any atom is -0.485 e. The van der Waals surface area contributed by atoms with Crippen molar-refractivity contribution in [2.75, 3.05) is 13.2 Å². The Balaban J connectivity index is 0.000000494. The van der Waals surface area contributed by atoms with Crippen LogP contribution < -0.4 is 4.74 Å². The van der Waals surface area contributed by atoms with Gasteiger partial charge in [0.25, 0.3) is 12.4 Å². The lowest BCUT2D eigenvalue weighted by molar-refractivity contribution is -0.128. The van der Waals surface area contributed by atoms with E-state index in [9.17, 15) is 13.6 Å². The van der Waals surface area contributed by atoms with E-state index in [-0.39, 0.29) is 0 Å². The summed E-state index contributed by atoms with van der Waals surface area (Å²) < 4.78 is 33.8. The predicted octanol–water partition coefficient (Wildman–Crippen LogP) is 2.60. The van der Waals surface area contributed by atoms with Gasteiger partial charge in [0.1, 0.15) is 5.75 Å². The van der Waals surface area contributed by atoms with Crippen molar-refractivity contribution in [3.8, 4) is 5.75 Å². The molecule has 0 unspecified atom stereocenters. The molecule has 0 N–H and O–H groups in total. The van der Waals surface area contributed by atoms with Gasteiger partial charge in [-0.3, -0.25) is 9.78 Å². The topological polar surface area (TPSA) is 48.4 Å². The van der Waals surface area contributed by atoms with Crippen LogP contribution in [0.3, 0.4) is 0 Å². The van der Waals surface area contributed by atoms with Gasteiger partial charge in [-0.15, -0.1) is 0 Å². The van der Waals surface area contributed by atoms with E-state index in [1.54, 1.807) is 26.1 Å². The van der Waals surface area contributed by atoms with Crippen molar-refractivity contribution in [3.63, 3.8) is 0 Å². The second kappa shape index (κ2) is 8.38. The van der Waals surface area contributed by atoms with Crippen LogP contribution in [0.4, 0.5) is 8.78 Å². The monoisotopic (exact) mass is 261 g/mol. The van der Waals surface area contributed by atoms with Gasteiger partial charge in [-0.25, -0.2) is 8.78 Å². The average molecular weight is 261 g/mol. The lowest BCUT2D eigenvalue weighted by atomic mass is 10.3. The van der Waals surface area contributed by atoms with Gasteiger partial charge < -0.3 is 9.47 Å². The largest absolute Gasteiger partial charge is 0.485 e. The van der Waals surface area contributed by atoms with Crippen molar-refractivity contribution in [2.45, 2.75) is 26.7 Å². The van der Waals surface area contributed by atoms with E-state index in [2.05, 4.69) is 9.72 Å². The van der Waals surface area contributed by atoms with Crippen LogP contribution in [-0.4, -0.2) is 30.6 Å². The van der Waals surface area contributed by atoms with Gasteiger partial charge in [0, 0.05) is 13.1 Å². The van der Waals surface area contributed by atoms with Gasteiger partial charge in [-0.2, -0.15) is 0 Å². The number of carbonyl (C=O) groups excluding carboxylic acids is 1. The quantitative estimate of drug-likeness (QED) is 0.764. The Kier molecular flexibility index (Phi) is 7.58. The van der Waals surface area contributed by atoms with Crippen molar-refractivity contribution in [3.05, 3.63) is 24.0 Å². The summed E-state index contributed by atoms with van der Waals surface area (Å²) in [4.78, 5) is 13.0. The molecular formula is C12H17F2NO3. The van der Waals surface area contributed by atoms with Crippen LogP contribution in [0.2, 0.25) is 0 Å². The molecule has 0 bridgehead atoms. The molecule has 0 atom stereocenters. The highest BCUT2D eigenvalue weighted by Crippen LogP contribution is 2.18. The number of alkyl halides is 2. The maximum atomic E-state index is 12.4. The summed E-state index contributed by atoms with van der Waals surface area (Å²) in [6, 6.07) is 1.71. The molecule has 0 aliphatic heterocycles. The summed E-state index contributed by atoms with van der Waals surface area (Å²) >= 11 is 0. The molecule has 1 rings (SSSR count). The fourth-order valence-electron chi connectivity index (χ4n) is 0.873. The van der Waals surface area contributed by atoms with Gasteiger partial charge in [0.05, 0.1) is 12.8 Å². The fraction of sp³-hybridized carbons (Fsp3) is 0.500. The Bertz CT molecular complexity index is 353. The Morgan fingerprint density at radius 3 is 2.56 bits per heavy atom. The molecule has 0 amide bonds. The Morgan fingerprint density at radius 1 is 1.50 bits per heavy atom. The average Bonchev–Trinajstić information content (AvgIpc) is 2.29. The highest BCUT2D eigenvalue weighted by Gasteiger charge is 2.22. The normalized spacial score (nSPS) is 10.1. The minimum absolute atomic E-state index is 0.407. The van der Waals surface area contributed by atoms with E-state index in [4.69, 9.17) is 4.74 Å². The second-order valence-electron chi connectivity index (χ2n) is 3.55. The Hall–Kier alpha value is -1.72. The molecule has 0 aromatic carbocycles. The van der Waals surface area contributed by atoms with Gasteiger partial charge in [-0.1, -0.05) is 0 Å². The molecule has 1 heterocycles. The van der Waals surface area contributed by atoms with Crippen molar-refractivity contribution in [1.29, 1.82) is 0 Å². The Labute approximate surface area is 105 Å². The molecular weight excluding hydrogens is 244 g/mol. The van der Waals surface area contributed by atoms with Crippen LogP contribution in [0.1, 0.15) is 19.4 Å². The molecule has 0 radical (unpaired) electrons. The van der Waals surface area contributed by atoms with Gasteiger partial charge >= 0.3 is 0 Å². The SMILES string of the molecule is CCOC=O.Cc1ccncc1OCC(C)(F)F. The summed E-state index contributed by atoms with van der Waals surface area (Å²) in [6.07, 6.45) is 3.02. The minimum atomic E-state index is -2.80. The molecule has 0 spiro atoms. The van der Waals surface area contributed by atoms with E-state index in [1.165, 1.54) is 6.20 Å². The lowest BCUT2D eigenvalue weighted by Crippen LogP contribution is -2.21. The first-order chi connectivity index (χ1) is 8.40. The van der Waals surface area contributed by atoms with Crippen LogP contribution >= 0.6 is 0 Å². The molecule has 102 valence electrons. The van der Waals surface area contributed by atoms with Crippen LogP contribution in [0, 0.1) is 6.92 Å². The molecule has 0 aliphatic carbocycles. The third-order valence-corrected chi connectivity index (χ3v) is 1.71. The van der Waals surface area contributed by atoms with Crippen LogP contribution in [0.5, 0.6) is 5.75 Å². The van der Waals surface area contributed by atoms with Crippen molar-refractivity contribution in [2.24, 2.45) is 0 Å².